The summed E-state index contributed by atoms with van der Waals surface area (Å²) in [4.78, 5) is 15.1. The van der Waals surface area contributed by atoms with Crippen LogP contribution in [0.3, 0.4) is 0 Å². The van der Waals surface area contributed by atoms with Gasteiger partial charge < -0.3 is 9.30 Å². The molecule has 0 radical (unpaired) electrons. The SMILES string of the molecule is Br.CCCN1CC(C(=O)OCC(F)CF)C[C@@H]2c3cccc4c3c(cn4C(C)C)C[C@H]21. The molecular formula is C24H33BrF2N2O2. The fourth-order valence-electron chi connectivity index (χ4n) is 5.41. The Morgan fingerprint density at radius 2 is 2.10 bits per heavy atom. The van der Waals surface area contributed by atoms with Gasteiger partial charge in [-0.25, -0.2) is 8.78 Å². The van der Waals surface area contributed by atoms with E-state index in [1.54, 1.807) is 0 Å². The van der Waals surface area contributed by atoms with Crippen LogP contribution in [0.1, 0.15) is 56.7 Å². The molecule has 4 rings (SSSR count). The van der Waals surface area contributed by atoms with Crippen LogP contribution in [0.4, 0.5) is 8.78 Å². The Balaban J connectivity index is 0.00000272. The van der Waals surface area contributed by atoms with Crippen molar-refractivity contribution in [2.45, 2.75) is 64.2 Å². The summed E-state index contributed by atoms with van der Waals surface area (Å²) in [5.41, 5.74) is 3.95. The van der Waals surface area contributed by atoms with E-state index >= 15 is 0 Å². The molecule has 4 atom stereocenters. The zero-order valence-electron chi connectivity index (χ0n) is 18.5. The minimum atomic E-state index is -1.74. The molecule has 0 saturated carbocycles. The number of piperidine rings is 1. The zero-order chi connectivity index (χ0) is 21.4. The van der Waals surface area contributed by atoms with Gasteiger partial charge in [-0.1, -0.05) is 19.1 Å². The molecule has 31 heavy (non-hydrogen) atoms. The maximum absolute atomic E-state index is 13.2. The average molecular weight is 499 g/mol. The maximum Gasteiger partial charge on any atom is 0.310 e. The van der Waals surface area contributed by atoms with E-state index in [-0.39, 0.29) is 28.8 Å². The van der Waals surface area contributed by atoms with Gasteiger partial charge in [-0.3, -0.25) is 9.69 Å². The van der Waals surface area contributed by atoms with Crippen LogP contribution in [0, 0.1) is 5.92 Å². The lowest BCUT2D eigenvalue weighted by Gasteiger charge is -2.46. The Bertz CT molecular complexity index is 916. The highest BCUT2D eigenvalue weighted by Gasteiger charge is 2.43. The number of esters is 1. The molecule has 1 aromatic heterocycles. The van der Waals surface area contributed by atoms with Gasteiger partial charge in [0, 0.05) is 41.6 Å². The van der Waals surface area contributed by atoms with Gasteiger partial charge in [-0.15, -0.1) is 17.0 Å². The highest BCUT2D eigenvalue weighted by atomic mass is 79.9. The van der Waals surface area contributed by atoms with Crippen LogP contribution in [0.15, 0.2) is 24.4 Å². The second kappa shape index (κ2) is 9.99. The second-order valence-electron chi connectivity index (χ2n) is 9.08. The number of hydrogen-bond donors (Lipinski definition) is 0. The average Bonchev–Trinajstić information content (AvgIpc) is 3.12. The largest absolute Gasteiger partial charge is 0.462 e. The van der Waals surface area contributed by atoms with Crippen molar-refractivity contribution in [2.75, 3.05) is 26.4 Å². The van der Waals surface area contributed by atoms with E-state index < -0.39 is 25.4 Å². The van der Waals surface area contributed by atoms with Crippen LogP contribution in [0.2, 0.25) is 0 Å². The minimum Gasteiger partial charge on any atom is -0.462 e. The van der Waals surface area contributed by atoms with Crippen LogP contribution in [-0.4, -0.2) is 54.0 Å². The van der Waals surface area contributed by atoms with Gasteiger partial charge in [0.15, 0.2) is 6.17 Å². The summed E-state index contributed by atoms with van der Waals surface area (Å²) < 4.78 is 33.1. The molecule has 2 heterocycles. The quantitative estimate of drug-likeness (QED) is 0.479. The van der Waals surface area contributed by atoms with Gasteiger partial charge in [0.25, 0.3) is 0 Å². The molecule has 7 heteroatoms. The maximum atomic E-state index is 13.2. The van der Waals surface area contributed by atoms with E-state index in [1.807, 2.05) is 0 Å². The summed E-state index contributed by atoms with van der Waals surface area (Å²) in [5.74, 6) is -0.471. The van der Waals surface area contributed by atoms with Crippen LogP contribution in [0.25, 0.3) is 10.9 Å². The number of ether oxygens (including phenoxy) is 1. The molecule has 0 bridgehead atoms. The van der Waals surface area contributed by atoms with Gasteiger partial charge in [-0.2, -0.15) is 0 Å². The molecule has 4 nitrogen and oxygen atoms in total. The third-order valence-electron chi connectivity index (χ3n) is 6.70. The third-order valence-corrected chi connectivity index (χ3v) is 6.70. The van der Waals surface area contributed by atoms with E-state index in [1.165, 1.54) is 22.0 Å². The van der Waals surface area contributed by atoms with Crippen molar-refractivity contribution < 1.29 is 18.3 Å². The molecule has 1 aliphatic carbocycles. The summed E-state index contributed by atoms with van der Waals surface area (Å²) >= 11 is 0. The fraction of sp³-hybridized carbons (Fsp3) is 0.625. The highest BCUT2D eigenvalue weighted by Crippen LogP contribution is 2.46. The predicted molar refractivity (Wildman–Crippen MR) is 125 cm³/mol. The van der Waals surface area contributed by atoms with E-state index in [2.05, 4.69) is 54.6 Å². The van der Waals surface area contributed by atoms with Crippen molar-refractivity contribution in [3.63, 3.8) is 0 Å². The molecule has 1 aromatic carbocycles. The second-order valence-corrected chi connectivity index (χ2v) is 9.08. The third kappa shape index (κ3) is 4.54. The fourth-order valence-corrected chi connectivity index (χ4v) is 5.41. The van der Waals surface area contributed by atoms with E-state index in [0.717, 1.165) is 19.4 Å². The number of rotatable bonds is 7. The number of nitrogens with zero attached hydrogens (tertiary/aromatic N) is 2. The van der Waals surface area contributed by atoms with E-state index in [9.17, 15) is 13.6 Å². The van der Waals surface area contributed by atoms with E-state index in [0.29, 0.717) is 25.0 Å². The molecule has 0 amide bonds. The highest BCUT2D eigenvalue weighted by molar-refractivity contribution is 8.93. The summed E-state index contributed by atoms with van der Waals surface area (Å²) in [5, 5.41) is 1.33. The van der Waals surface area contributed by atoms with Gasteiger partial charge in [-0.05, 0) is 56.8 Å². The zero-order valence-corrected chi connectivity index (χ0v) is 20.2. The van der Waals surface area contributed by atoms with Gasteiger partial charge in [0.1, 0.15) is 13.3 Å². The first-order valence-corrected chi connectivity index (χ1v) is 11.2. The topological polar surface area (TPSA) is 34.5 Å². The molecule has 2 aliphatic rings. The number of alkyl halides is 2. The number of benzene rings is 1. The van der Waals surface area contributed by atoms with Crippen LogP contribution < -0.4 is 0 Å². The van der Waals surface area contributed by atoms with Crippen molar-refractivity contribution in [3.8, 4) is 0 Å². The first-order valence-electron chi connectivity index (χ1n) is 11.2. The Morgan fingerprint density at radius 1 is 1.32 bits per heavy atom. The first-order chi connectivity index (χ1) is 14.4. The summed E-state index contributed by atoms with van der Waals surface area (Å²) in [6.45, 7) is 6.47. The Morgan fingerprint density at radius 3 is 2.77 bits per heavy atom. The summed E-state index contributed by atoms with van der Waals surface area (Å²) in [7, 11) is 0. The van der Waals surface area contributed by atoms with Crippen molar-refractivity contribution in [2.24, 2.45) is 5.92 Å². The van der Waals surface area contributed by atoms with Gasteiger partial charge in [0.2, 0.25) is 0 Å². The number of hydrogen-bond acceptors (Lipinski definition) is 3. The molecule has 2 aromatic rings. The lowest BCUT2D eigenvalue weighted by Crippen LogP contribution is -2.52. The minimum absolute atomic E-state index is 0. The van der Waals surface area contributed by atoms with Crippen molar-refractivity contribution in [3.05, 3.63) is 35.5 Å². The van der Waals surface area contributed by atoms with E-state index in [4.69, 9.17) is 4.74 Å². The monoisotopic (exact) mass is 498 g/mol. The molecule has 1 aliphatic heterocycles. The van der Waals surface area contributed by atoms with Crippen molar-refractivity contribution in [1.29, 1.82) is 0 Å². The Kier molecular flexibility index (Phi) is 7.79. The lowest BCUT2D eigenvalue weighted by molar-refractivity contribution is -0.153. The molecule has 0 spiro atoms. The van der Waals surface area contributed by atoms with Crippen molar-refractivity contribution in [1.82, 2.24) is 9.47 Å². The number of likely N-dealkylation sites (tertiary alicyclic amines) is 1. The molecule has 2 unspecified atom stereocenters. The predicted octanol–water partition coefficient (Wildman–Crippen LogP) is 5.39. The number of carbonyl (C=O) groups is 1. The summed E-state index contributed by atoms with van der Waals surface area (Å²) in [6.07, 6.45) is 3.25. The number of aromatic nitrogens is 1. The smallest absolute Gasteiger partial charge is 0.310 e. The molecule has 1 saturated heterocycles. The molecule has 172 valence electrons. The molecule has 0 N–H and O–H groups in total. The number of carbonyl (C=O) groups excluding carboxylic acids is 1. The Labute approximate surface area is 193 Å². The first kappa shape index (κ1) is 24.2. The standard InChI is InChI=1S/C24H32F2N2O2.BrH/c1-4-8-27-12-17(24(29)30-14-18(26)11-25)9-20-19-6-5-7-21-23(19)16(10-22(20)27)13-28(21)15(2)3;/h5-7,13,15,17-18,20,22H,4,8-12,14H2,1-3H3;1H/t17?,18?,20-,22-;/m1./s1. The van der Waals surface area contributed by atoms with Gasteiger partial charge in [0.05, 0.1) is 5.92 Å². The lowest BCUT2D eigenvalue weighted by atomic mass is 9.72. The van der Waals surface area contributed by atoms with Crippen LogP contribution in [-0.2, 0) is 16.0 Å². The van der Waals surface area contributed by atoms with Gasteiger partial charge >= 0.3 is 5.97 Å². The number of halogens is 3. The summed E-state index contributed by atoms with van der Waals surface area (Å²) in [6, 6.07) is 7.24. The molecular weight excluding hydrogens is 466 g/mol. The van der Waals surface area contributed by atoms with Crippen LogP contribution in [0.5, 0.6) is 0 Å². The number of fused-ring (bicyclic) bond motifs is 2. The van der Waals surface area contributed by atoms with Crippen molar-refractivity contribution >= 4 is 33.9 Å². The van der Waals surface area contributed by atoms with Crippen LogP contribution >= 0.6 is 17.0 Å². The normalized spacial score (nSPS) is 24.0. The Hall–Kier alpha value is -1.47. The molecule has 1 fully saturated rings.